The van der Waals surface area contributed by atoms with Crippen molar-refractivity contribution in [2.45, 2.75) is 38.8 Å². The summed E-state index contributed by atoms with van der Waals surface area (Å²) in [6, 6.07) is 7.53. The minimum absolute atomic E-state index is 0.148. The molecule has 1 aliphatic heterocycles. The topological polar surface area (TPSA) is 3.24 Å². The summed E-state index contributed by atoms with van der Waals surface area (Å²) in [6.07, 6.45) is 3.94. The lowest BCUT2D eigenvalue weighted by Crippen LogP contribution is -2.36. The Kier molecular flexibility index (Phi) is 3.37. The van der Waals surface area contributed by atoms with Crippen molar-refractivity contribution in [1.82, 2.24) is 4.90 Å². The van der Waals surface area contributed by atoms with E-state index in [4.69, 9.17) is 0 Å². The van der Waals surface area contributed by atoms with E-state index in [0.717, 1.165) is 6.54 Å². The average molecular weight is 207 g/mol. The summed E-state index contributed by atoms with van der Waals surface area (Å²) in [5.74, 6) is -0.148. The highest BCUT2D eigenvalue weighted by molar-refractivity contribution is 5.16. The summed E-state index contributed by atoms with van der Waals surface area (Å²) < 4.78 is 12.7. The van der Waals surface area contributed by atoms with Gasteiger partial charge in [0.25, 0.3) is 0 Å². The maximum atomic E-state index is 12.7. The molecule has 15 heavy (non-hydrogen) atoms. The molecule has 1 aliphatic rings. The van der Waals surface area contributed by atoms with Gasteiger partial charge >= 0.3 is 0 Å². The first-order valence-corrected chi connectivity index (χ1v) is 5.74. The van der Waals surface area contributed by atoms with Crippen LogP contribution in [0.4, 0.5) is 4.39 Å². The SMILES string of the molecule is CC1CCCCN1Cc1ccc(F)cc1. The highest BCUT2D eigenvalue weighted by atomic mass is 19.1. The highest BCUT2D eigenvalue weighted by Gasteiger charge is 2.17. The van der Waals surface area contributed by atoms with Gasteiger partial charge < -0.3 is 0 Å². The zero-order chi connectivity index (χ0) is 10.7. The molecule has 0 spiro atoms. The molecule has 1 nitrogen and oxygen atoms in total. The van der Waals surface area contributed by atoms with Crippen molar-refractivity contribution in [1.29, 1.82) is 0 Å². The summed E-state index contributed by atoms with van der Waals surface area (Å²) in [4.78, 5) is 2.48. The fraction of sp³-hybridized carbons (Fsp3) is 0.538. The smallest absolute Gasteiger partial charge is 0.123 e. The van der Waals surface area contributed by atoms with Crippen molar-refractivity contribution < 1.29 is 4.39 Å². The van der Waals surface area contributed by atoms with E-state index in [1.54, 1.807) is 12.1 Å². The maximum absolute atomic E-state index is 12.7. The van der Waals surface area contributed by atoms with E-state index >= 15 is 0 Å². The molecule has 1 unspecified atom stereocenters. The number of rotatable bonds is 2. The zero-order valence-corrected chi connectivity index (χ0v) is 9.25. The number of halogens is 1. The van der Waals surface area contributed by atoms with Crippen molar-refractivity contribution in [3.8, 4) is 0 Å². The normalized spacial score (nSPS) is 22.9. The zero-order valence-electron chi connectivity index (χ0n) is 9.25. The second kappa shape index (κ2) is 4.75. The van der Waals surface area contributed by atoms with Crippen LogP contribution in [0.2, 0.25) is 0 Å². The number of hydrogen-bond acceptors (Lipinski definition) is 1. The van der Waals surface area contributed by atoms with Crippen molar-refractivity contribution >= 4 is 0 Å². The fourth-order valence-electron chi connectivity index (χ4n) is 2.22. The Bertz CT molecular complexity index is 307. The molecule has 1 heterocycles. The maximum Gasteiger partial charge on any atom is 0.123 e. The minimum Gasteiger partial charge on any atom is -0.296 e. The lowest BCUT2D eigenvalue weighted by molar-refractivity contribution is 0.152. The van der Waals surface area contributed by atoms with Gasteiger partial charge in [-0.2, -0.15) is 0 Å². The summed E-state index contributed by atoms with van der Waals surface area (Å²) in [6.45, 7) is 4.42. The van der Waals surface area contributed by atoms with E-state index in [1.807, 2.05) is 12.1 Å². The highest BCUT2D eigenvalue weighted by Crippen LogP contribution is 2.19. The van der Waals surface area contributed by atoms with Gasteiger partial charge in [0.1, 0.15) is 5.82 Å². The molecule has 82 valence electrons. The summed E-state index contributed by atoms with van der Waals surface area (Å²) in [5.41, 5.74) is 1.21. The van der Waals surface area contributed by atoms with Crippen LogP contribution in [0.1, 0.15) is 31.7 Å². The van der Waals surface area contributed by atoms with Crippen molar-refractivity contribution in [2.24, 2.45) is 0 Å². The Morgan fingerprint density at radius 2 is 2.00 bits per heavy atom. The molecule has 0 radical (unpaired) electrons. The lowest BCUT2D eigenvalue weighted by Gasteiger charge is -2.33. The Labute approximate surface area is 90.9 Å². The molecule has 1 atom stereocenters. The molecule has 1 fully saturated rings. The number of piperidine rings is 1. The van der Waals surface area contributed by atoms with Gasteiger partial charge in [-0.15, -0.1) is 0 Å². The molecule has 1 saturated heterocycles. The first kappa shape index (κ1) is 10.6. The van der Waals surface area contributed by atoms with Crippen LogP contribution in [-0.2, 0) is 6.54 Å². The molecule has 0 bridgehead atoms. The number of likely N-dealkylation sites (tertiary alicyclic amines) is 1. The molecule has 2 rings (SSSR count). The molecule has 0 amide bonds. The predicted molar refractivity (Wildman–Crippen MR) is 60.1 cm³/mol. The van der Waals surface area contributed by atoms with Gasteiger partial charge in [-0.05, 0) is 44.0 Å². The largest absolute Gasteiger partial charge is 0.296 e. The Morgan fingerprint density at radius 3 is 2.67 bits per heavy atom. The summed E-state index contributed by atoms with van der Waals surface area (Å²) >= 11 is 0. The molecule has 0 aliphatic carbocycles. The van der Waals surface area contributed by atoms with Crippen LogP contribution in [0.3, 0.4) is 0 Å². The van der Waals surface area contributed by atoms with Crippen LogP contribution < -0.4 is 0 Å². The van der Waals surface area contributed by atoms with Gasteiger partial charge in [0.05, 0.1) is 0 Å². The Balaban J connectivity index is 1.98. The molecule has 0 saturated carbocycles. The third-order valence-electron chi connectivity index (χ3n) is 3.24. The standard InChI is InChI=1S/C13H18FN/c1-11-4-2-3-9-15(11)10-12-5-7-13(14)8-6-12/h5-8,11H,2-4,9-10H2,1H3. The monoisotopic (exact) mass is 207 g/mol. The van der Waals surface area contributed by atoms with Gasteiger partial charge in [-0.3, -0.25) is 4.90 Å². The lowest BCUT2D eigenvalue weighted by atomic mass is 10.0. The number of hydrogen-bond donors (Lipinski definition) is 0. The molecular formula is C13H18FN. The van der Waals surface area contributed by atoms with E-state index in [0.29, 0.717) is 6.04 Å². The van der Waals surface area contributed by atoms with Crippen LogP contribution >= 0.6 is 0 Å². The minimum atomic E-state index is -0.148. The van der Waals surface area contributed by atoms with E-state index < -0.39 is 0 Å². The van der Waals surface area contributed by atoms with Crippen LogP contribution in [0.25, 0.3) is 0 Å². The van der Waals surface area contributed by atoms with Crippen LogP contribution in [-0.4, -0.2) is 17.5 Å². The quantitative estimate of drug-likeness (QED) is 0.720. The van der Waals surface area contributed by atoms with Crippen LogP contribution in [0.5, 0.6) is 0 Å². The third kappa shape index (κ3) is 2.78. The summed E-state index contributed by atoms with van der Waals surface area (Å²) in [7, 11) is 0. The fourth-order valence-corrected chi connectivity index (χ4v) is 2.22. The van der Waals surface area contributed by atoms with Gasteiger partial charge in [0, 0.05) is 12.6 Å². The van der Waals surface area contributed by atoms with Crippen molar-refractivity contribution in [2.75, 3.05) is 6.54 Å². The molecule has 0 N–H and O–H groups in total. The van der Waals surface area contributed by atoms with E-state index in [9.17, 15) is 4.39 Å². The molecule has 0 aromatic heterocycles. The van der Waals surface area contributed by atoms with Gasteiger partial charge in [0.2, 0.25) is 0 Å². The molecular weight excluding hydrogens is 189 g/mol. The Hall–Kier alpha value is -0.890. The van der Waals surface area contributed by atoms with E-state index in [-0.39, 0.29) is 5.82 Å². The molecule has 1 aromatic rings. The van der Waals surface area contributed by atoms with Gasteiger partial charge in [-0.1, -0.05) is 18.6 Å². The first-order valence-electron chi connectivity index (χ1n) is 5.74. The Morgan fingerprint density at radius 1 is 1.27 bits per heavy atom. The number of nitrogens with zero attached hydrogens (tertiary/aromatic N) is 1. The summed E-state index contributed by atoms with van der Waals surface area (Å²) in [5, 5.41) is 0. The van der Waals surface area contributed by atoms with Crippen molar-refractivity contribution in [3.63, 3.8) is 0 Å². The first-order chi connectivity index (χ1) is 7.25. The van der Waals surface area contributed by atoms with Gasteiger partial charge in [0.15, 0.2) is 0 Å². The van der Waals surface area contributed by atoms with Gasteiger partial charge in [-0.25, -0.2) is 4.39 Å². The second-order valence-corrected chi connectivity index (χ2v) is 4.44. The molecule has 1 aromatic carbocycles. The average Bonchev–Trinajstić information content (AvgIpc) is 2.25. The van der Waals surface area contributed by atoms with E-state index in [1.165, 1.54) is 31.4 Å². The second-order valence-electron chi connectivity index (χ2n) is 4.44. The van der Waals surface area contributed by atoms with Crippen LogP contribution in [0.15, 0.2) is 24.3 Å². The number of benzene rings is 1. The third-order valence-corrected chi connectivity index (χ3v) is 3.24. The van der Waals surface area contributed by atoms with Crippen molar-refractivity contribution in [3.05, 3.63) is 35.6 Å². The predicted octanol–water partition coefficient (Wildman–Crippen LogP) is 3.20. The van der Waals surface area contributed by atoms with E-state index in [2.05, 4.69) is 11.8 Å². The van der Waals surface area contributed by atoms with Crippen LogP contribution in [0, 0.1) is 5.82 Å². The molecule has 2 heteroatoms.